The summed E-state index contributed by atoms with van der Waals surface area (Å²) in [6.45, 7) is -1.21. The number of carbonyl (C=O) groups excluding carboxylic acids is 1. The van der Waals surface area contributed by atoms with Gasteiger partial charge in [-0.15, -0.1) is 5.10 Å². The molecule has 1 N–H and O–H groups in total. The molecular formula is C21H16ClF6N7O2. The van der Waals surface area contributed by atoms with Gasteiger partial charge < -0.3 is 0 Å². The number of halogens is 7. The number of nitrogens with one attached hydrogen (secondary N) is 1. The van der Waals surface area contributed by atoms with Crippen LogP contribution in [0.4, 0.5) is 32.2 Å². The van der Waals surface area contributed by atoms with Gasteiger partial charge in [0.05, 0.1) is 12.0 Å². The summed E-state index contributed by atoms with van der Waals surface area (Å²) in [4.78, 5) is 32.2. The van der Waals surface area contributed by atoms with Gasteiger partial charge in [0.15, 0.2) is 24.1 Å². The number of anilines is 1. The van der Waals surface area contributed by atoms with E-state index in [1.165, 1.54) is 24.3 Å². The number of aromatic nitrogens is 4. The highest BCUT2D eigenvalue weighted by atomic mass is 35.5. The van der Waals surface area contributed by atoms with E-state index in [2.05, 4.69) is 20.5 Å². The second-order valence-electron chi connectivity index (χ2n) is 7.77. The molecular weight excluding hydrogens is 532 g/mol. The van der Waals surface area contributed by atoms with Crippen LogP contribution in [-0.4, -0.2) is 43.8 Å². The second kappa shape index (κ2) is 9.88. The van der Waals surface area contributed by atoms with Crippen molar-refractivity contribution in [2.24, 2.45) is 4.99 Å². The molecule has 1 aliphatic heterocycles. The molecule has 1 aromatic carbocycles. The Balaban J connectivity index is 1.66. The molecule has 1 unspecified atom stereocenters. The third-order valence-electron chi connectivity index (χ3n) is 5.19. The third-order valence-corrected chi connectivity index (χ3v) is 5.44. The molecule has 0 spiro atoms. The highest BCUT2D eigenvalue weighted by molar-refractivity contribution is 6.30. The van der Waals surface area contributed by atoms with Crippen molar-refractivity contribution in [2.75, 3.05) is 5.01 Å². The first-order valence-corrected chi connectivity index (χ1v) is 10.9. The van der Waals surface area contributed by atoms with Gasteiger partial charge >= 0.3 is 18.0 Å². The number of carbonyl (C=O) groups is 1. The van der Waals surface area contributed by atoms with E-state index in [0.717, 1.165) is 32.6 Å². The number of amidine groups is 1. The van der Waals surface area contributed by atoms with Crippen molar-refractivity contribution in [1.29, 1.82) is 0 Å². The minimum Gasteiger partial charge on any atom is -0.299 e. The normalized spacial score (nSPS) is 16.0. The summed E-state index contributed by atoms with van der Waals surface area (Å²) in [5.74, 6) is -0.853. The molecule has 3 heterocycles. The van der Waals surface area contributed by atoms with E-state index in [4.69, 9.17) is 11.6 Å². The van der Waals surface area contributed by atoms with Gasteiger partial charge in [-0.05, 0) is 36.4 Å². The van der Waals surface area contributed by atoms with Gasteiger partial charge in [0.2, 0.25) is 0 Å². The highest BCUT2D eigenvalue weighted by Gasteiger charge is 2.39. The van der Waals surface area contributed by atoms with E-state index < -0.39 is 55.1 Å². The minimum absolute atomic E-state index is 0.0857. The Kier molecular flexibility index (Phi) is 6.99. The van der Waals surface area contributed by atoms with Crippen molar-refractivity contribution in [1.82, 2.24) is 24.8 Å². The molecule has 9 nitrogen and oxygen atoms in total. The molecule has 37 heavy (non-hydrogen) atoms. The molecule has 3 aromatic rings. The predicted octanol–water partition coefficient (Wildman–Crippen LogP) is 3.68. The Labute approximate surface area is 209 Å². The number of aldehydes is 1. The Morgan fingerprint density at radius 3 is 2.41 bits per heavy atom. The lowest BCUT2D eigenvalue weighted by molar-refractivity contribution is -0.138. The number of hydrogen-bond donors (Lipinski definition) is 1. The summed E-state index contributed by atoms with van der Waals surface area (Å²) >= 11 is 5.87. The Morgan fingerprint density at radius 2 is 1.78 bits per heavy atom. The lowest BCUT2D eigenvalue weighted by Crippen LogP contribution is -2.44. The number of aliphatic imine (C=N–C) groups is 1. The first-order chi connectivity index (χ1) is 17.4. The monoisotopic (exact) mass is 547 g/mol. The van der Waals surface area contributed by atoms with Crippen LogP contribution in [0.3, 0.4) is 0 Å². The van der Waals surface area contributed by atoms with Crippen molar-refractivity contribution < 1.29 is 31.1 Å². The van der Waals surface area contributed by atoms with Gasteiger partial charge in [-0.25, -0.2) is 24.5 Å². The van der Waals surface area contributed by atoms with Gasteiger partial charge in [0, 0.05) is 23.3 Å². The number of benzene rings is 1. The Bertz CT molecular complexity index is 1380. The molecule has 0 saturated heterocycles. The molecule has 1 aliphatic rings. The molecule has 1 atom stereocenters. The standard InChI is InChI=1S/C21H16ClF6N7O2/c22-13-5-3-12(4-6-13)17-32-34(19(37)33(17)9-7-20(23,24)25)10-15-30-16(11-36)35(31-15)18-14(21(26,27)28)2-1-8-29-18/h1-6,8,11,16H,7,9-10H2,(H,30,31). The average molecular weight is 548 g/mol. The summed E-state index contributed by atoms with van der Waals surface area (Å²) in [6, 6.07) is 7.71. The average Bonchev–Trinajstić information content (AvgIpc) is 3.38. The lowest BCUT2D eigenvalue weighted by Gasteiger charge is -2.24. The van der Waals surface area contributed by atoms with Gasteiger partial charge in [0.25, 0.3) is 0 Å². The fourth-order valence-electron chi connectivity index (χ4n) is 3.55. The summed E-state index contributed by atoms with van der Waals surface area (Å²) < 4.78 is 80.6. The van der Waals surface area contributed by atoms with Gasteiger partial charge in [-0.3, -0.25) is 14.8 Å². The molecule has 2 aromatic heterocycles. The summed E-state index contributed by atoms with van der Waals surface area (Å²) in [6.07, 6.45) is -10.7. The number of hydrogen-bond acceptors (Lipinski definition) is 7. The largest absolute Gasteiger partial charge is 0.420 e. The third kappa shape index (κ3) is 5.76. The molecule has 0 amide bonds. The van der Waals surface area contributed by atoms with Crippen LogP contribution in [0.2, 0.25) is 5.02 Å². The maximum absolute atomic E-state index is 13.5. The van der Waals surface area contributed by atoms with Crippen LogP contribution in [0.15, 0.2) is 52.4 Å². The van der Waals surface area contributed by atoms with Crippen LogP contribution in [0.25, 0.3) is 11.4 Å². The predicted molar refractivity (Wildman–Crippen MR) is 120 cm³/mol. The van der Waals surface area contributed by atoms with Gasteiger partial charge in [-0.1, -0.05) is 11.6 Å². The fourth-order valence-corrected chi connectivity index (χ4v) is 3.67. The quantitative estimate of drug-likeness (QED) is 0.358. The first kappa shape index (κ1) is 26.2. The zero-order valence-electron chi connectivity index (χ0n) is 18.5. The van der Waals surface area contributed by atoms with Crippen LogP contribution in [-0.2, 0) is 24.1 Å². The van der Waals surface area contributed by atoms with Crippen molar-refractivity contribution in [3.05, 3.63) is 63.7 Å². The number of nitrogens with zero attached hydrogens (tertiary/aromatic N) is 6. The van der Waals surface area contributed by atoms with Crippen LogP contribution < -0.4 is 16.1 Å². The van der Waals surface area contributed by atoms with Gasteiger partial charge in [0.1, 0.15) is 12.4 Å². The number of pyridine rings is 1. The maximum Gasteiger partial charge on any atom is 0.420 e. The summed E-state index contributed by atoms with van der Waals surface area (Å²) in [5.41, 5.74) is 0.760. The van der Waals surface area contributed by atoms with E-state index in [9.17, 15) is 35.9 Å². The van der Waals surface area contributed by atoms with Crippen molar-refractivity contribution >= 4 is 29.5 Å². The van der Waals surface area contributed by atoms with Crippen LogP contribution >= 0.6 is 11.6 Å². The Hall–Kier alpha value is -3.88. The first-order valence-electron chi connectivity index (χ1n) is 10.5. The number of hydrazine groups is 1. The zero-order chi connectivity index (χ0) is 27.0. The van der Waals surface area contributed by atoms with E-state index >= 15 is 0 Å². The maximum atomic E-state index is 13.5. The molecule has 0 radical (unpaired) electrons. The van der Waals surface area contributed by atoms with E-state index in [1.807, 2.05) is 0 Å². The van der Waals surface area contributed by atoms with E-state index in [0.29, 0.717) is 10.6 Å². The fraction of sp³-hybridized carbons (Fsp3) is 0.286. The number of rotatable bonds is 7. The molecule has 0 saturated carbocycles. The summed E-state index contributed by atoms with van der Waals surface area (Å²) in [7, 11) is 0. The van der Waals surface area contributed by atoms with E-state index in [-0.39, 0.29) is 17.9 Å². The van der Waals surface area contributed by atoms with Crippen LogP contribution in [0.5, 0.6) is 0 Å². The molecule has 16 heteroatoms. The highest BCUT2D eigenvalue weighted by Crippen LogP contribution is 2.35. The van der Waals surface area contributed by atoms with Crippen molar-refractivity contribution in [2.45, 2.75) is 38.0 Å². The number of alkyl halides is 6. The topological polar surface area (TPSA) is 97.4 Å². The van der Waals surface area contributed by atoms with Crippen molar-refractivity contribution in [3.63, 3.8) is 0 Å². The molecule has 4 rings (SSSR count). The summed E-state index contributed by atoms with van der Waals surface area (Å²) in [5, 5.41) is 5.24. The molecule has 0 aliphatic carbocycles. The molecule has 0 fully saturated rings. The molecule has 0 bridgehead atoms. The smallest absolute Gasteiger partial charge is 0.299 e. The minimum atomic E-state index is -4.79. The second-order valence-corrected chi connectivity index (χ2v) is 8.20. The zero-order valence-corrected chi connectivity index (χ0v) is 19.2. The van der Waals surface area contributed by atoms with Crippen molar-refractivity contribution in [3.8, 4) is 11.4 Å². The molecule has 196 valence electrons. The SMILES string of the molecule is O=CC1N=C(Cn2nc(-c3ccc(Cl)cc3)n(CCC(F)(F)F)c2=O)NN1c1ncccc1C(F)(F)F. The van der Waals surface area contributed by atoms with Crippen LogP contribution in [0.1, 0.15) is 12.0 Å². The van der Waals surface area contributed by atoms with Gasteiger partial charge in [-0.2, -0.15) is 26.3 Å². The van der Waals surface area contributed by atoms with E-state index in [1.54, 1.807) is 0 Å². The van der Waals surface area contributed by atoms with Crippen LogP contribution in [0, 0.1) is 0 Å². The Morgan fingerprint density at radius 1 is 1.08 bits per heavy atom. The lowest BCUT2D eigenvalue weighted by atomic mass is 10.2.